The first-order chi connectivity index (χ1) is 9.75. The third-order valence-electron chi connectivity index (χ3n) is 2.81. The molecule has 0 saturated carbocycles. The molecule has 1 amide bonds. The fraction of sp³-hybridized carbons (Fsp3) is 0.500. The molecule has 0 aliphatic carbocycles. The average Bonchev–Trinajstić information content (AvgIpc) is 2.67. The Kier molecular flexibility index (Phi) is 5.64. The Labute approximate surface area is 118 Å². The van der Waals surface area contributed by atoms with E-state index in [2.05, 4.69) is 5.32 Å². The van der Waals surface area contributed by atoms with Gasteiger partial charge in [-0.3, -0.25) is 4.79 Å². The van der Waals surface area contributed by atoms with E-state index < -0.39 is 5.91 Å². The second-order valence-electron chi connectivity index (χ2n) is 4.53. The van der Waals surface area contributed by atoms with Gasteiger partial charge in [0.15, 0.2) is 11.5 Å². The summed E-state index contributed by atoms with van der Waals surface area (Å²) in [5.41, 5.74) is 6.08. The second-order valence-corrected chi connectivity index (χ2v) is 4.53. The monoisotopic (exact) mass is 280 g/mol. The summed E-state index contributed by atoms with van der Waals surface area (Å²) in [6.45, 7) is 3.16. The number of carbonyl (C=O) groups excluding carboxylic acids is 1. The van der Waals surface area contributed by atoms with Crippen molar-refractivity contribution in [1.82, 2.24) is 5.32 Å². The van der Waals surface area contributed by atoms with Crippen molar-refractivity contribution in [2.75, 3.05) is 33.0 Å². The third kappa shape index (κ3) is 4.71. The number of hydrogen-bond donors (Lipinski definition) is 2. The van der Waals surface area contributed by atoms with Crippen molar-refractivity contribution in [3.63, 3.8) is 0 Å². The number of carbonyl (C=O) groups is 1. The Morgan fingerprint density at radius 1 is 1.30 bits per heavy atom. The van der Waals surface area contributed by atoms with Gasteiger partial charge in [0.1, 0.15) is 6.61 Å². The van der Waals surface area contributed by atoms with Crippen LogP contribution in [0.4, 0.5) is 0 Å². The third-order valence-corrected chi connectivity index (χ3v) is 2.81. The van der Waals surface area contributed by atoms with Crippen LogP contribution in [0.15, 0.2) is 18.2 Å². The van der Waals surface area contributed by atoms with Gasteiger partial charge in [-0.15, -0.1) is 0 Å². The van der Waals surface area contributed by atoms with Gasteiger partial charge in [0.25, 0.3) is 0 Å². The van der Waals surface area contributed by atoms with Gasteiger partial charge in [-0.2, -0.15) is 0 Å². The number of hydrogen-bond acceptors (Lipinski definition) is 5. The van der Waals surface area contributed by atoms with Gasteiger partial charge in [-0.05, 0) is 17.7 Å². The summed E-state index contributed by atoms with van der Waals surface area (Å²) in [4.78, 5) is 10.5. The lowest BCUT2D eigenvalue weighted by molar-refractivity contribution is -0.122. The van der Waals surface area contributed by atoms with E-state index >= 15 is 0 Å². The number of ether oxygens (including phenoxy) is 3. The van der Waals surface area contributed by atoms with E-state index in [-0.39, 0.29) is 6.61 Å². The summed E-state index contributed by atoms with van der Waals surface area (Å²) in [6, 6.07) is 5.92. The number of benzene rings is 1. The topological polar surface area (TPSA) is 82.8 Å². The second kappa shape index (κ2) is 7.72. The molecule has 6 nitrogen and oxygen atoms in total. The maximum atomic E-state index is 10.5. The molecule has 2 rings (SSSR count). The molecule has 0 spiro atoms. The lowest BCUT2D eigenvalue weighted by atomic mass is 10.2. The predicted molar refractivity (Wildman–Crippen MR) is 73.8 cm³/mol. The maximum Gasteiger partial charge on any atom is 0.243 e. The van der Waals surface area contributed by atoms with Crippen molar-refractivity contribution in [3.8, 4) is 11.5 Å². The van der Waals surface area contributed by atoms with Crippen LogP contribution in [0.25, 0.3) is 0 Å². The molecule has 0 fully saturated rings. The Morgan fingerprint density at radius 3 is 2.90 bits per heavy atom. The number of nitrogens with two attached hydrogens (primary N) is 1. The normalized spacial score (nSPS) is 13.8. The smallest absolute Gasteiger partial charge is 0.243 e. The molecule has 1 aliphatic rings. The van der Waals surface area contributed by atoms with Crippen molar-refractivity contribution in [2.45, 2.75) is 13.0 Å². The molecule has 1 aromatic rings. The van der Waals surface area contributed by atoms with Gasteiger partial charge in [0.2, 0.25) is 5.91 Å². The molecular formula is C14H20N2O4. The van der Waals surface area contributed by atoms with Gasteiger partial charge >= 0.3 is 0 Å². The van der Waals surface area contributed by atoms with E-state index in [0.717, 1.165) is 23.5 Å². The van der Waals surface area contributed by atoms with Crippen molar-refractivity contribution in [2.24, 2.45) is 5.73 Å². The molecule has 20 heavy (non-hydrogen) atoms. The minimum atomic E-state index is -0.451. The van der Waals surface area contributed by atoms with Crippen LogP contribution in [0.2, 0.25) is 0 Å². The molecule has 0 bridgehead atoms. The first-order valence-electron chi connectivity index (χ1n) is 6.71. The van der Waals surface area contributed by atoms with Crippen LogP contribution in [0.1, 0.15) is 12.0 Å². The fourth-order valence-corrected chi connectivity index (χ4v) is 1.87. The van der Waals surface area contributed by atoms with Gasteiger partial charge in [0.05, 0.1) is 19.8 Å². The van der Waals surface area contributed by atoms with Gasteiger partial charge < -0.3 is 25.3 Å². The average molecular weight is 280 g/mol. The van der Waals surface area contributed by atoms with E-state index in [9.17, 15) is 4.79 Å². The molecule has 0 radical (unpaired) electrons. The van der Waals surface area contributed by atoms with Crippen LogP contribution in [0.5, 0.6) is 11.5 Å². The molecule has 0 saturated heterocycles. The van der Waals surface area contributed by atoms with Crippen LogP contribution >= 0.6 is 0 Å². The van der Waals surface area contributed by atoms with Crippen LogP contribution in [-0.2, 0) is 16.1 Å². The molecular weight excluding hydrogens is 260 g/mol. The number of amides is 1. The largest absolute Gasteiger partial charge is 0.490 e. The molecule has 0 unspecified atom stereocenters. The van der Waals surface area contributed by atoms with E-state index in [1.54, 1.807) is 0 Å². The van der Waals surface area contributed by atoms with E-state index in [0.29, 0.717) is 32.9 Å². The fourth-order valence-electron chi connectivity index (χ4n) is 1.87. The van der Waals surface area contributed by atoms with Crippen molar-refractivity contribution in [3.05, 3.63) is 23.8 Å². The predicted octanol–water partition coefficient (Wildman–Crippen LogP) is 0.439. The first kappa shape index (κ1) is 14.6. The molecule has 1 aromatic carbocycles. The Morgan fingerprint density at radius 2 is 2.10 bits per heavy atom. The Bertz CT molecular complexity index is 451. The Hall–Kier alpha value is -1.79. The number of fused-ring (bicyclic) bond motifs is 1. The minimum Gasteiger partial charge on any atom is -0.490 e. The SMILES string of the molecule is NC(=O)COCCNCc1ccc2c(c1)OCCCO2. The van der Waals surface area contributed by atoms with Gasteiger partial charge in [-0.1, -0.05) is 6.07 Å². The standard InChI is InChI=1S/C14H20N2O4/c15-14(17)10-18-7-4-16-9-11-2-3-12-13(8-11)20-6-1-5-19-12/h2-3,8,16H,1,4-7,9-10H2,(H2,15,17). The van der Waals surface area contributed by atoms with Crippen molar-refractivity contribution < 1.29 is 19.0 Å². The zero-order valence-electron chi connectivity index (χ0n) is 11.4. The van der Waals surface area contributed by atoms with Crippen LogP contribution in [0, 0.1) is 0 Å². The van der Waals surface area contributed by atoms with Crippen molar-refractivity contribution in [1.29, 1.82) is 0 Å². The number of rotatable bonds is 7. The summed E-state index contributed by atoms with van der Waals surface area (Å²) >= 11 is 0. The molecule has 3 N–H and O–H groups in total. The van der Waals surface area contributed by atoms with E-state index in [1.807, 2.05) is 18.2 Å². The molecule has 6 heteroatoms. The quantitative estimate of drug-likeness (QED) is 0.708. The van der Waals surface area contributed by atoms with E-state index in [4.69, 9.17) is 19.9 Å². The summed E-state index contributed by atoms with van der Waals surface area (Å²) in [5.74, 6) is 1.15. The zero-order valence-corrected chi connectivity index (χ0v) is 11.4. The highest BCUT2D eigenvalue weighted by Gasteiger charge is 2.10. The van der Waals surface area contributed by atoms with Crippen molar-refractivity contribution >= 4 is 5.91 Å². The summed E-state index contributed by atoms with van der Waals surface area (Å²) in [5, 5.41) is 3.22. The van der Waals surface area contributed by atoms with E-state index in [1.165, 1.54) is 0 Å². The maximum absolute atomic E-state index is 10.5. The molecule has 0 aromatic heterocycles. The molecule has 0 atom stereocenters. The summed E-state index contributed by atoms with van der Waals surface area (Å²) in [7, 11) is 0. The first-order valence-corrected chi connectivity index (χ1v) is 6.71. The lowest BCUT2D eigenvalue weighted by Gasteiger charge is -2.10. The van der Waals surface area contributed by atoms with Gasteiger partial charge in [0, 0.05) is 19.5 Å². The van der Waals surface area contributed by atoms with Crippen LogP contribution in [0.3, 0.4) is 0 Å². The number of primary amides is 1. The summed E-state index contributed by atoms with van der Waals surface area (Å²) < 4.78 is 16.3. The zero-order chi connectivity index (χ0) is 14.2. The highest BCUT2D eigenvalue weighted by atomic mass is 16.5. The highest BCUT2D eigenvalue weighted by molar-refractivity contribution is 5.74. The summed E-state index contributed by atoms with van der Waals surface area (Å²) in [6.07, 6.45) is 0.902. The lowest BCUT2D eigenvalue weighted by Crippen LogP contribution is -2.23. The van der Waals surface area contributed by atoms with Gasteiger partial charge in [-0.25, -0.2) is 0 Å². The number of nitrogens with one attached hydrogen (secondary N) is 1. The Balaban J connectivity index is 1.73. The molecule has 110 valence electrons. The highest BCUT2D eigenvalue weighted by Crippen LogP contribution is 2.30. The molecule has 1 heterocycles. The van der Waals surface area contributed by atoms with Crippen LogP contribution in [-0.4, -0.2) is 38.9 Å². The van der Waals surface area contributed by atoms with Crippen LogP contribution < -0.4 is 20.5 Å². The minimum absolute atomic E-state index is 0.0360. The molecule has 1 aliphatic heterocycles.